The van der Waals surface area contributed by atoms with Gasteiger partial charge in [0.15, 0.2) is 11.5 Å². The quantitative estimate of drug-likeness (QED) is 0.690. The van der Waals surface area contributed by atoms with Crippen molar-refractivity contribution in [1.82, 2.24) is 5.32 Å². The largest absolute Gasteiger partial charge is 0.490 e. The van der Waals surface area contributed by atoms with Crippen LogP contribution in [0.2, 0.25) is 5.02 Å². The van der Waals surface area contributed by atoms with Gasteiger partial charge in [-0.05, 0) is 30.2 Å². The predicted octanol–water partition coefficient (Wildman–Crippen LogP) is 5.24. The van der Waals surface area contributed by atoms with E-state index in [0.717, 1.165) is 17.7 Å². The second-order valence-electron chi connectivity index (χ2n) is 5.65. The van der Waals surface area contributed by atoms with E-state index in [0.29, 0.717) is 35.8 Å². The van der Waals surface area contributed by atoms with Crippen LogP contribution in [0.1, 0.15) is 31.9 Å². The van der Waals surface area contributed by atoms with Crippen LogP contribution in [-0.4, -0.2) is 12.6 Å². The zero-order chi connectivity index (χ0) is 16.7. The number of benzene rings is 2. The van der Waals surface area contributed by atoms with Gasteiger partial charge in [0, 0.05) is 12.6 Å². The van der Waals surface area contributed by atoms with Gasteiger partial charge in [0.25, 0.3) is 0 Å². The summed E-state index contributed by atoms with van der Waals surface area (Å²) in [4.78, 5) is 0. The maximum atomic E-state index is 6.42. The summed E-state index contributed by atoms with van der Waals surface area (Å²) in [6.07, 6.45) is 0. The molecule has 24 heavy (non-hydrogen) atoms. The Morgan fingerprint density at radius 3 is 2.38 bits per heavy atom. The second-order valence-corrected chi connectivity index (χ2v) is 6.05. The van der Waals surface area contributed by atoms with Crippen molar-refractivity contribution in [2.45, 2.75) is 40.0 Å². The maximum Gasteiger partial charge on any atom is 0.180 e. The molecule has 0 saturated heterocycles. The molecule has 0 fully saturated rings. The van der Waals surface area contributed by atoms with Crippen LogP contribution in [0.25, 0.3) is 0 Å². The van der Waals surface area contributed by atoms with Crippen molar-refractivity contribution in [1.29, 1.82) is 0 Å². The highest BCUT2D eigenvalue weighted by molar-refractivity contribution is 6.32. The monoisotopic (exact) mass is 369 g/mol. The zero-order valence-electron chi connectivity index (χ0n) is 14.3. The van der Waals surface area contributed by atoms with Gasteiger partial charge < -0.3 is 14.8 Å². The summed E-state index contributed by atoms with van der Waals surface area (Å²) < 4.78 is 11.6. The minimum Gasteiger partial charge on any atom is -0.490 e. The fraction of sp³-hybridized carbons (Fsp3) is 0.368. The Hall–Kier alpha value is -1.42. The highest BCUT2D eigenvalue weighted by atomic mass is 35.5. The van der Waals surface area contributed by atoms with Gasteiger partial charge in [-0.15, -0.1) is 12.4 Å². The lowest BCUT2D eigenvalue weighted by molar-refractivity contribution is 0.269. The van der Waals surface area contributed by atoms with Crippen molar-refractivity contribution in [3.05, 3.63) is 58.6 Å². The third kappa shape index (κ3) is 6.23. The standard InChI is InChI=1S/C19H24ClNO2.ClH/c1-4-22-18-11-16(12-21-14(2)3)10-17(20)19(18)23-13-15-8-6-5-7-9-15;/h5-11,14,21H,4,12-13H2,1-3H3;1H. The molecule has 0 unspecified atom stereocenters. The second kappa shape index (κ2) is 10.4. The Morgan fingerprint density at radius 1 is 1.04 bits per heavy atom. The third-order valence-electron chi connectivity index (χ3n) is 3.31. The van der Waals surface area contributed by atoms with E-state index in [1.165, 1.54) is 0 Å². The summed E-state index contributed by atoms with van der Waals surface area (Å²) in [6, 6.07) is 14.3. The van der Waals surface area contributed by atoms with Gasteiger partial charge in [-0.3, -0.25) is 0 Å². The highest BCUT2D eigenvalue weighted by Crippen LogP contribution is 2.37. The van der Waals surface area contributed by atoms with Crippen molar-refractivity contribution < 1.29 is 9.47 Å². The fourth-order valence-electron chi connectivity index (χ4n) is 2.18. The van der Waals surface area contributed by atoms with Crippen molar-refractivity contribution in [3.63, 3.8) is 0 Å². The average Bonchev–Trinajstić information content (AvgIpc) is 2.53. The Bertz CT molecular complexity index is 618. The van der Waals surface area contributed by atoms with Gasteiger partial charge in [0.05, 0.1) is 11.6 Å². The molecular weight excluding hydrogens is 345 g/mol. The zero-order valence-corrected chi connectivity index (χ0v) is 15.9. The van der Waals surface area contributed by atoms with Crippen LogP contribution in [0.15, 0.2) is 42.5 Å². The lowest BCUT2D eigenvalue weighted by Gasteiger charge is -2.16. The molecule has 1 N–H and O–H groups in total. The molecule has 3 nitrogen and oxygen atoms in total. The molecule has 0 spiro atoms. The van der Waals surface area contributed by atoms with Gasteiger partial charge in [-0.25, -0.2) is 0 Å². The number of halogens is 2. The molecule has 0 aromatic heterocycles. The Labute approximate surface area is 155 Å². The van der Waals surface area contributed by atoms with Gasteiger partial charge in [-0.2, -0.15) is 0 Å². The summed E-state index contributed by atoms with van der Waals surface area (Å²) in [5.74, 6) is 1.29. The van der Waals surface area contributed by atoms with E-state index >= 15 is 0 Å². The molecule has 0 aliphatic rings. The summed E-state index contributed by atoms with van der Waals surface area (Å²) in [7, 11) is 0. The normalized spacial score (nSPS) is 10.4. The molecular formula is C19H25Cl2NO2. The van der Waals surface area contributed by atoms with Gasteiger partial charge in [0.1, 0.15) is 6.61 Å². The molecule has 0 atom stereocenters. The predicted molar refractivity (Wildman–Crippen MR) is 103 cm³/mol. The molecule has 0 aliphatic carbocycles. The molecule has 2 rings (SSSR count). The smallest absolute Gasteiger partial charge is 0.180 e. The first-order chi connectivity index (χ1) is 11.1. The maximum absolute atomic E-state index is 6.42. The summed E-state index contributed by atoms with van der Waals surface area (Å²) >= 11 is 6.42. The lowest BCUT2D eigenvalue weighted by Crippen LogP contribution is -2.21. The van der Waals surface area contributed by atoms with Crippen LogP contribution in [0, 0.1) is 0 Å². The molecule has 0 bridgehead atoms. The SMILES string of the molecule is CCOc1cc(CNC(C)C)cc(Cl)c1OCc1ccccc1.Cl. The van der Waals surface area contributed by atoms with Crippen molar-refractivity contribution >= 4 is 24.0 Å². The molecule has 0 aliphatic heterocycles. The van der Waals surface area contributed by atoms with Crippen LogP contribution in [0.4, 0.5) is 0 Å². The van der Waals surface area contributed by atoms with E-state index in [1.54, 1.807) is 0 Å². The Balaban J connectivity index is 0.00000288. The van der Waals surface area contributed by atoms with E-state index < -0.39 is 0 Å². The van der Waals surface area contributed by atoms with Gasteiger partial charge >= 0.3 is 0 Å². The van der Waals surface area contributed by atoms with Crippen LogP contribution < -0.4 is 14.8 Å². The topological polar surface area (TPSA) is 30.5 Å². The lowest BCUT2D eigenvalue weighted by atomic mass is 10.2. The first-order valence-corrected chi connectivity index (χ1v) is 8.33. The van der Waals surface area contributed by atoms with Gasteiger partial charge in [-0.1, -0.05) is 55.8 Å². The van der Waals surface area contributed by atoms with E-state index in [9.17, 15) is 0 Å². The number of nitrogens with one attached hydrogen (secondary N) is 1. The fourth-order valence-corrected chi connectivity index (χ4v) is 2.47. The number of rotatable bonds is 8. The number of ether oxygens (including phenoxy) is 2. The first kappa shape index (κ1) is 20.6. The molecule has 0 heterocycles. The molecule has 0 radical (unpaired) electrons. The molecule has 2 aromatic rings. The van der Waals surface area contributed by atoms with E-state index in [2.05, 4.69) is 19.2 Å². The van der Waals surface area contributed by atoms with Crippen LogP contribution in [-0.2, 0) is 13.2 Å². The average molecular weight is 370 g/mol. The molecule has 0 saturated carbocycles. The van der Waals surface area contributed by atoms with Crippen molar-refractivity contribution in [3.8, 4) is 11.5 Å². The molecule has 2 aromatic carbocycles. The Kier molecular flexibility index (Phi) is 8.98. The Morgan fingerprint density at radius 2 is 1.75 bits per heavy atom. The molecule has 5 heteroatoms. The summed E-state index contributed by atoms with van der Waals surface area (Å²) in [5, 5.41) is 3.96. The summed E-state index contributed by atoms with van der Waals surface area (Å²) in [6.45, 7) is 7.96. The minimum atomic E-state index is 0. The van der Waals surface area contributed by atoms with Crippen LogP contribution in [0.3, 0.4) is 0 Å². The highest BCUT2D eigenvalue weighted by Gasteiger charge is 2.13. The van der Waals surface area contributed by atoms with E-state index in [-0.39, 0.29) is 12.4 Å². The molecule has 0 amide bonds. The first-order valence-electron chi connectivity index (χ1n) is 7.95. The molecule has 132 valence electrons. The van der Waals surface area contributed by atoms with Crippen LogP contribution >= 0.6 is 24.0 Å². The minimum absolute atomic E-state index is 0. The van der Waals surface area contributed by atoms with Crippen molar-refractivity contribution in [2.75, 3.05) is 6.61 Å². The van der Waals surface area contributed by atoms with Gasteiger partial charge in [0.2, 0.25) is 0 Å². The third-order valence-corrected chi connectivity index (χ3v) is 3.59. The van der Waals surface area contributed by atoms with Crippen LogP contribution in [0.5, 0.6) is 11.5 Å². The summed E-state index contributed by atoms with van der Waals surface area (Å²) in [5.41, 5.74) is 2.18. The van der Waals surface area contributed by atoms with E-state index in [1.807, 2.05) is 49.4 Å². The number of hydrogen-bond acceptors (Lipinski definition) is 3. The van der Waals surface area contributed by atoms with E-state index in [4.69, 9.17) is 21.1 Å². The van der Waals surface area contributed by atoms with Crippen molar-refractivity contribution in [2.24, 2.45) is 0 Å². The number of hydrogen-bond donors (Lipinski definition) is 1.